The number of nitrogens with zero attached hydrogens (tertiary/aromatic N) is 3. The fourth-order valence-electron chi connectivity index (χ4n) is 5.00. The zero-order valence-electron chi connectivity index (χ0n) is 17.7. The zero-order chi connectivity index (χ0) is 21.2. The summed E-state index contributed by atoms with van der Waals surface area (Å²) in [6, 6.07) is 14.0. The molecule has 2 saturated heterocycles. The molecule has 2 atom stereocenters. The second-order valence-electron chi connectivity index (χ2n) is 8.76. The van der Waals surface area contributed by atoms with E-state index in [4.69, 9.17) is 0 Å². The van der Waals surface area contributed by atoms with Crippen LogP contribution in [0, 0.1) is 5.92 Å². The Morgan fingerprint density at radius 1 is 0.871 bits per heavy atom. The van der Waals surface area contributed by atoms with Crippen LogP contribution in [0.1, 0.15) is 42.1 Å². The average molecular weight is 420 g/mol. The molecule has 0 spiro atoms. The third-order valence-corrected chi connectivity index (χ3v) is 6.84. The highest BCUT2D eigenvalue weighted by molar-refractivity contribution is 5.83. The van der Waals surface area contributed by atoms with Crippen LogP contribution in [0.4, 0.5) is 0 Å². The topological polar surface area (TPSA) is 77.6 Å². The van der Waals surface area contributed by atoms with Crippen molar-refractivity contribution in [3.8, 4) is 0 Å². The van der Waals surface area contributed by atoms with Gasteiger partial charge in [-0.2, -0.15) is 0 Å². The molecule has 2 fully saturated rings. The van der Waals surface area contributed by atoms with Gasteiger partial charge in [0.1, 0.15) is 6.04 Å². The van der Waals surface area contributed by atoms with E-state index < -0.39 is 0 Å². The van der Waals surface area contributed by atoms with Gasteiger partial charge in [0.05, 0.1) is 11.7 Å². The van der Waals surface area contributed by atoms with Crippen LogP contribution in [-0.4, -0.2) is 52.3 Å². The number of benzene rings is 1. The van der Waals surface area contributed by atoms with Crippen molar-refractivity contribution < 1.29 is 9.59 Å². The number of hydrogen-bond donors (Lipinski definition) is 2. The van der Waals surface area contributed by atoms with E-state index in [1.807, 2.05) is 34.1 Å². The van der Waals surface area contributed by atoms with Crippen LogP contribution in [-0.2, 0) is 22.6 Å². The van der Waals surface area contributed by atoms with Crippen LogP contribution in [0.5, 0.6) is 0 Å². The number of piperidine rings is 1. The minimum absolute atomic E-state index is 0.0187. The predicted molar refractivity (Wildman–Crippen MR) is 117 cm³/mol. The number of carbonyl (C=O) groups is 2. The molecule has 3 aliphatic heterocycles. The Balaban J connectivity index is 1.13. The van der Waals surface area contributed by atoms with E-state index in [1.165, 1.54) is 11.1 Å². The molecule has 162 valence electrons. The summed E-state index contributed by atoms with van der Waals surface area (Å²) in [5.74, 6) is 0.381. The average Bonchev–Trinajstić information content (AvgIpc) is 3.34. The number of hydrazine groups is 1. The standard InChI is InChI=1S/C24H29N5O2/c30-23(29-14-8-17-5-1-2-6-19(17)16-29)18-9-12-28(13-10-18)24(31)22-15-21(26-27-22)20-7-3-4-11-25-20/h1-7,11,18,21-22,26-27H,8-10,12-16H2. The predicted octanol–water partition coefficient (Wildman–Crippen LogP) is 1.81. The summed E-state index contributed by atoms with van der Waals surface area (Å²) in [6.07, 6.45) is 4.87. The highest BCUT2D eigenvalue weighted by atomic mass is 16.2. The minimum Gasteiger partial charge on any atom is -0.341 e. The fraction of sp³-hybridized carbons (Fsp3) is 0.458. The molecule has 5 rings (SSSR count). The molecule has 0 saturated carbocycles. The van der Waals surface area contributed by atoms with Crippen LogP contribution in [0.25, 0.3) is 0 Å². The van der Waals surface area contributed by atoms with Gasteiger partial charge in [-0.25, -0.2) is 10.9 Å². The second kappa shape index (κ2) is 8.77. The lowest BCUT2D eigenvalue weighted by Crippen LogP contribution is -2.50. The summed E-state index contributed by atoms with van der Waals surface area (Å²) in [4.78, 5) is 34.4. The molecule has 1 aromatic heterocycles. The maximum atomic E-state index is 13.1. The molecule has 2 N–H and O–H groups in total. The number of rotatable bonds is 3. The minimum atomic E-state index is -0.252. The largest absolute Gasteiger partial charge is 0.341 e. The quantitative estimate of drug-likeness (QED) is 0.794. The highest BCUT2D eigenvalue weighted by Gasteiger charge is 2.36. The lowest BCUT2D eigenvalue weighted by molar-refractivity contribution is -0.142. The molecule has 0 radical (unpaired) electrons. The van der Waals surface area contributed by atoms with Crippen LogP contribution >= 0.6 is 0 Å². The maximum absolute atomic E-state index is 13.1. The highest BCUT2D eigenvalue weighted by Crippen LogP contribution is 2.26. The van der Waals surface area contributed by atoms with Crippen LogP contribution in [0.3, 0.4) is 0 Å². The van der Waals surface area contributed by atoms with Gasteiger partial charge in [0, 0.05) is 38.3 Å². The van der Waals surface area contributed by atoms with E-state index in [2.05, 4.69) is 34.0 Å². The normalized spacial score (nSPS) is 24.1. The van der Waals surface area contributed by atoms with Gasteiger partial charge >= 0.3 is 0 Å². The summed E-state index contributed by atoms with van der Waals surface area (Å²) in [5.41, 5.74) is 9.90. The Morgan fingerprint density at radius 2 is 1.65 bits per heavy atom. The Bertz CT molecular complexity index is 942. The lowest BCUT2D eigenvalue weighted by atomic mass is 9.92. The van der Waals surface area contributed by atoms with Crippen LogP contribution in [0.2, 0.25) is 0 Å². The summed E-state index contributed by atoms with van der Waals surface area (Å²) >= 11 is 0. The van der Waals surface area contributed by atoms with Crippen molar-refractivity contribution in [2.24, 2.45) is 5.92 Å². The van der Waals surface area contributed by atoms with E-state index in [0.717, 1.165) is 31.5 Å². The molecule has 2 aromatic rings. The maximum Gasteiger partial charge on any atom is 0.241 e. The molecule has 2 amide bonds. The smallest absolute Gasteiger partial charge is 0.241 e. The van der Waals surface area contributed by atoms with E-state index in [1.54, 1.807) is 6.20 Å². The number of likely N-dealkylation sites (tertiary alicyclic amines) is 1. The van der Waals surface area contributed by atoms with Crippen molar-refractivity contribution in [2.45, 2.75) is 44.3 Å². The van der Waals surface area contributed by atoms with E-state index in [-0.39, 0.29) is 29.8 Å². The van der Waals surface area contributed by atoms with Crippen LogP contribution in [0.15, 0.2) is 48.7 Å². The van der Waals surface area contributed by atoms with E-state index >= 15 is 0 Å². The molecule has 0 aliphatic carbocycles. The van der Waals surface area contributed by atoms with E-state index in [0.29, 0.717) is 26.1 Å². The summed E-state index contributed by atoms with van der Waals surface area (Å²) in [5, 5.41) is 0. The van der Waals surface area contributed by atoms with Crippen molar-refractivity contribution in [2.75, 3.05) is 19.6 Å². The Hall–Kier alpha value is -2.77. The first-order chi connectivity index (χ1) is 15.2. The molecule has 2 unspecified atom stereocenters. The number of nitrogens with one attached hydrogen (secondary N) is 2. The Labute approximate surface area is 182 Å². The van der Waals surface area contributed by atoms with Crippen molar-refractivity contribution in [1.29, 1.82) is 0 Å². The third kappa shape index (κ3) is 4.20. The molecular weight excluding hydrogens is 390 g/mol. The van der Waals surface area contributed by atoms with Gasteiger partial charge in [0.15, 0.2) is 0 Å². The van der Waals surface area contributed by atoms with Crippen molar-refractivity contribution >= 4 is 11.8 Å². The Kier molecular flexibility index (Phi) is 5.70. The van der Waals surface area contributed by atoms with Gasteiger partial charge in [0.2, 0.25) is 11.8 Å². The molecule has 7 nitrogen and oxygen atoms in total. The third-order valence-electron chi connectivity index (χ3n) is 6.84. The number of fused-ring (bicyclic) bond motifs is 1. The molecule has 7 heteroatoms. The van der Waals surface area contributed by atoms with E-state index in [9.17, 15) is 9.59 Å². The number of hydrogen-bond acceptors (Lipinski definition) is 5. The first-order valence-corrected chi connectivity index (χ1v) is 11.3. The molecule has 31 heavy (non-hydrogen) atoms. The summed E-state index contributed by atoms with van der Waals surface area (Å²) < 4.78 is 0. The number of aromatic nitrogens is 1. The van der Waals surface area contributed by atoms with Gasteiger partial charge < -0.3 is 9.80 Å². The zero-order valence-corrected chi connectivity index (χ0v) is 17.7. The van der Waals surface area contributed by atoms with Crippen molar-refractivity contribution in [3.05, 3.63) is 65.5 Å². The summed E-state index contributed by atoms with van der Waals surface area (Å²) in [7, 11) is 0. The Morgan fingerprint density at radius 3 is 2.42 bits per heavy atom. The number of carbonyl (C=O) groups excluding carboxylic acids is 2. The van der Waals surface area contributed by atoms with Crippen molar-refractivity contribution in [1.82, 2.24) is 25.6 Å². The van der Waals surface area contributed by atoms with Gasteiger partial charge in [0.25, 0.3) is 0 Å². The van der Waals surface area contributed by atoms with Gasteiger partial charge in [-0.05, 0) is 48.9 Å². The second-order valence-corrected chi connectivity index (χ2v) is 8.76. The van der Waals surface area contributed by atoms with Crippen molar-refractivity contribution in [3.63, 3.8) is 0 Å². The summed E-state index contributed by atoms with van der Waals surface area (Å²) in [6.45, 7) is 2.79. The van der Waals surface area contributed by atoms with Crippen LogP contribution < -0.4 is 10.9 Å². The molecule has 0 bridgehead atoms. The molecule has 3 aliphatic rings. The SMILES string of the molecule is O=C(C1CCN(C(=O)C2CC(c3ccccn3)NN2)CC1)N1CCc2ccccc2C1. The van der Waals surface area contributed by atoms with Gasteiger partial charge in [-0.3, -0.25) is 14.6 Å². The van der Waals surface area contributed by atoms with Gasteiger partial charge in [-0.15, -0.1) is 0 Å². The lowest BCUT2D eigenvalue weighted by Gasteiger charge is -2.36. The fourth-order valence-corrected chi connectivity index (χ4v) is 5.00. The first kappa shape index (κ1) is 20.2. The molecular formula is C24H29N5O2. The molecule has 4 heterocycles. The monoisotopic (exact) mass is 419 g/mol. The van der Waals surface area contributed by atoms with Gasteiger partial charge in [-0.1, -0.05) is 30.3 Å². The first-order valence-electron chi connectivity index (χ1n) is 11.3. The number of amides is 2. The molecule has 1 aromatic carbocycles. The number of pyridine rings is 1.